The van der Waals surface area contributed by atoms with Crippen LogP contribution in [0.3, 0.4) is 0 Å². The van der Waals surface area contributed by atoms with Crippen LogP contribution in [0.4, 0.5) is 10.5 Å². The second-order valence-electron chi connectivity index (χ2n) is 6.42. The third kappa shape index (κ3) is 2.97. The number of aromatic nitrogens is 1. The van der Waals surface area contributed by atoms with Gasteiger partial charge < -0.3 is 14.8 Å². The van der Waals surface area contributed by atoms with Gasteiger partial charge in [0, 0.05) is 22.6 Å². The molecular weight excluding hydrogens is 346 g/mol. The van der Waals surface area contributed by atoms with E-state index in [-0.39, 0.29) is 12.1 Å². The van der Waals surface area contributed by atoms with Gasteiger partial charge in [0.2, 0.25) is 0 Å². The third-order valence-electron chi connectivity index (χ3n) is 4.81. The van der Waals surface area contributed by atoms with E-state index in [1.807, 2.05) is 35.2 Å². The van der Waals surface area contributed by atoms with Crippen molar-refractivity contribution in [1.82, 2.24) is 9.47 Å². The van der Waals surface area contributed by atoms with E-state index in [2.05, 4.69) is 41.2 Å². The molecule has 26 heavy (non-hydrogen) atoms. The lowest BCUT2D eigenvalue weighted by atomic mass is 10.1. The van der Waals surface area contributed by atoms with E-state index in [1.54, 1.807) is 12.1 Å². The third-order valence-corrected chi connectivity index (χ3v) is 5.05. The number of benzene rings is 2. The highest BCUT2D eigenvalue weighted by molar-refractivity contribution is 6.30. The molecule has 0 unspecified atom stereocenters. The van der Waals surface area contributed by atoms with Crippen LogP contribution in [0.15, 0.2) is 66.9 Å². The zero-order valence-electron chi connectivity index (χ0n) is 14.5. The fourth-order valence-corrected chi connectivity index (χ4v) is 3.81. The number of anilines is 1. The van der Waals surface area contributed by atoms with Gasteiger partial charge in [0.15, 0.2) is 0 Å². The van der Waals surface area contributed by atoms with Crippen molar-refractivity contribution < 1.29 is 4.79 Å². The summed E-state index contributed by atoms with van der Waals surface area (Å²) in [5.41, 5.74) is 4.08. The van der Waals surface area contributed by atoms with Gasteiger partial charge in [0.1, 0.15) is 0 Å². The van der Waals surface area contributed by atoms with Crippen molar-refractivity contribution in [2.24, 2.45) is 0 Å². The Morgan fingerprint density at radius 3 is 2.81 bits per heavy atom. The van der Waals surface area contributed by atoms with E-state index in [4.69, 9.17) is 11.6 Å². The first kappa shape index (κ1) is 16.7. The van der Waals surface area contributed by atoms with Gasteiger partial charge in [-0.2, -0.15) is 0 Å². The highest BCUT2D eigenvalue weighted by atomic mass is 35.5. The fraction of sp³-hybridized carbons (Fsp3) is 0.190. The minimum atomic E-state index is -0.122. The van der Waals surface area contributed by atoms with Crippen molar-refractivity contribution in [2.45, 2.75) is 25.9 Å². The van der Waals surface area contributed by atoms with Crippen LogP contribution >= 0.6 is 11.6 Å². The number of urea groups is 1. The van der Waals surface area contributed by atoms with Gasteiger partial charge in [-0.05, 0) is 48.4 Å². The first-order valence-corrected chi connectivity index (χ1v) is 9.14. The van der Waals surface area contributed by atoms with Gasteiger partial charge in [-0.3, -0.25) is 0 Å². The second-order valence-corrected chi connectivity index (χ2v) is 6.86. The van der Waals surface area contributed by atoms with Crippen molar-refractivity contribution in [1.29, 1.82) is 0 Å². The Kier molecular flexibility index (Phi) is 4.43. The number of carbonyl (C=O) groups excluding carboxylic acids is 1. The lowest BCUT2D eigenvalue weighted by Gasteiger charge is -2.29. The molecule has 0 radical (unpaired) electrons. The number of halogens is 1. The molecule has 0 saturated carbocycles. The molecule has 1 atom stereocenters. The van der Waals surface area contributed by atoms with E-state index in [1.165, 1.54) is 0 Å². The minimum Gasteiger partial charge on any atom is -0.318 e. The number of amides is 2. The molecule has 3 aromatic rings. The quantitative estimate of drug-likeness (QED) is 0.627. The molecule has 132 valence electrons. The fourth-order valence-electron chi connectivity index (χ4n) is 3.62. The van der Waals surface area contributed by atoms with Crippen LogP contribution in [-0.2, 0) is 6.54 Å². The van der Waals surface area contributed by atoms with Crippen molar-refractivity contribution in [3.8, 4) is 5.69 Å². The lowest BCUT2D eigenvalue weighted by Crippen LogP contribution is -2.37. The maximum Gasteiger partial charge on any atom is 0.322 e. The Balaban J connectivity index is 1.73. The first-order chi connectivity index (χ1) is 12.7. The van der Waals surface area contributed by atoms with Crippen LogP contribution < -0.4 is 5.32 Å². The van der Waals surface area contributed by atoms with Crippen LogP contribution in [0.1, 0.15) is 30.6 Å². The molecule has 2 heterocycles. The SMILES string of the molecule is CC[C@@H]1c2cccn2-c2ccccc2CN1C(=O)Nc1cccc(Cl)c1. The molecule has 0 saturated heterocycles. The summed E-state index contributed by atoms with van der Waals surface area (Å²) >= 11 is 6.05. The first-order valence-electron chi connectivity index (χ1n) is 8.76. The Labute approximate surface area is 158 Å². The average molecular weight is 366 g/mol. The van der Waals surface area contributed by atoms with Crippen LogP contribution in [0.25, 0.3) is 5.69 Å². The predicted molar refractivity (Wildman–Crippen MR) is 105 cm³/mol. The summed E-state index contributed by atoms with van der Waals surface area (Å²) in [5, 5.41) is 3.59. The zero-order chi connectivity index (χ0) is 18.1. The van der Waals surface area contributed by atoms with Gasteiger partial charge in [-0.15, -0.1) is 0 Å². The van der Waals surface area contributed by atoms with E-state index in [0.717, 1.165) is 23.4 Å². The molecule has 1 N–H and O–H groups in total. The van der Waals surface area contributed by atoms with Crippen LogP contribution in [0.2, 0.25) is 5.02 Å². The van der Waals surface area contributed by atoms with Gasteiger partial charge in [0.05, 0.1) is 18.3 Å². The topological polar surface area (TPSA) is 37.3 Å². The maximum absolute atomic E-state index is 13.1. The standard InChI is InChI=1S/C21H20ClN3O/c1-2-18-20-11-6-12-24(20)19-10-4-3-7-15(19)14-25(18)21(26)23-17-9-5-8-16(22)13-17/h3-13,18H,2,14H2,1H3,(H,23,26)/t18-/m1/s1. The number of carbonyl (C=O) groups is 1. The van der Waals surface area contributed by atoms with Crippen molar-refractivity contribution in [3.05, 3.63) is 83.1 Å². The van der Waals surface area contributed by atoms with Gasteiger partial charge >= 0.3 is 6.03 Å². The molecule has 2 aromatic carbocycles. The number of rotatable bonds is 2. The molecule has 5 heteroatoms. The molecule has 0 bridgehead atoms. The van der Waals surface area contributed by atoms with Crippen molar-refractivity contribution in [3.63, 3.8) is 0 Å². The normalized spacial score (nSPS) is 15.8. The molecule has 1 aromatic heterocycles. The summed E-state index contributed by atoms with van der Waals surface area (Å²) in [6.45, 7) is 2.67. The Hall–Kier alpha value is -2.72. The number of nitrogens with zero attached hydrogens (tertiary/aromatic N) is 2. The van der Waals surface area contributed by atoms with Gasteiger partial charge in [0.25, 0.3) is 0 Å². The van der Waals surface area contributed by atoms with Gasteiger partial charge in [-0.25, -0.2) is 4.79 Å². The molecule has 4 rings (SSSR count). The number of nitrogens with one attached hydrogen (secondary N) is 1. The zero-order valence-corrected chi connectivity index (χ0v) is 15.3. The Bertz CT molecular complexity index is 950. The number of fused-ring (bicyclic) bond motifs is 3. The molecule has 0 spiro atoms. The van der Waals surface area contributed by atoms with Crippen molar-refractivity contribution >= 4 is 23.3 Å². The van der Waals surface area contributed by atoms with E-state index in [9.17, 15) is 4.79 Å². The highest BCUT2D eigenvalue weighted by Crippen LogP contribution is 2.34. The molecule has 2 amide bonds. The molecule has 0 fully saturated rings. The number of hydrogen-bond donors (Lipinski definition) is 1. The summed E-state index contributed by atoms with van der Waals surface area (Å²) in [7, 11) is 0. The minimum absolute atomic E-state index is 0.00316. The van der Waals surface area contributed by atoms with E-state index >= 15 is 0 Å². The van der Waals surface area contributed by atoms with Crippen LogP contribution in [0.5, 0.6) is 0 Å². The largest absolute Gasteiger partial charge is 0.322 e. The summed E-state index contributed by atoms with van der Waals surface area (Å²) in [4.78, 5) is 15.0. The highest BCUT2D eigenvalue weighted by Gasteiger charge is 2.30. The summed E-state index contributed by atoms with van der Waals surface area (Å²) in [6, 6.07) is 19.5. The van der Waals surface area contributed by atoms with Crippen LogP contribution in [-0.4, -0.2) is 15.5 Å². The Morgan fingerprint density at radius 1 is 1.15 bits per heavy atom. The summed E-state index contributed by atoms with van der Waals surface area (Å²) in [6.07, 6.45) is 2.90. The molecule has 4 nitrogen and oxygen atoms in total. The monoisotopic (exact) mass is 365 g/mol. The maximum atomic E-state index is 13.1. The molecular formula is C21H20ClN3O. The number of hydrogen-bond acceptors (Lipinski definition) is 1. The predicted octanol–water partition coefficient (Wildman–Crippen LogP) is 5.63. The smallest absolute Gasteiger partial charge is 0.318 e. The molecule has 0 aliphatic carbocycles. The van der Waals surface area contributed by atoms with E-state index < -0.39 is 0 Å². The second kappa shape index (κ2) is 6.89. The van der Waals surface area contributed by atoms with Crippen LogP contribution in [0, 0.1) is 0 Å². The van der Waals surface area contributed by atoms with E-state index in [0.29, 0.717) is 17.3 Å². The molecule has 1 aliphatic heterocycles. The van der Waals surface area contributed by atoms with Gasteiger partial charge in [-0.1, -0.05) is 42.8 Å². The summed E-state index contributed by atoms with van der Waals surface area (Å²) < 4.78 is 2.19. The number of para-hydroxylation sites is 1. The average Bonchev–Trinajstić information content (AvgIpc) is 3.06. The Morgan fingerprint density at radius 2 is 2.00 bits per heavy atom. The summed E-state index contributed by atoms with van der Waals surface area (Å²) in [5.74, 6) is 0. The van der Waals surface area contributed by atoms with Crippen molar-refractivity contribution in [2.75, 3.05) is 5.32 Å². The lowest BCUT2D eigenvalue weighted by molar-refractivity contribution is 0.181. The molecule has 1 aliphatic rings.